The lowest BCUT2D eigenvalue weighted by Gasteiger charge is -2.10. The number of hydrogen-bond donors (Lipinski definition) is 1. The topological polar surface area (TPSA) is 71.4 Å². The zero-order valence-electron chi connectivity index (χ0n) is 9.15. The van der Waals surface area contributed by atoms with E-state index in [0.29, 0.717) is 0 Å². The summed E-state index contributed by atoms with van der Waals surface area (Å²) in [6.45, 7) is 1.41. The van der Waals surface area contributed by atoms with Gasteiger partial charge in [0.1, 0.15) is 5.75 Å². The summed E-state index contributed by atoms with van der Waals surface area (Å²) in [6, 6.07) is 2.11. The molecule has 0 radical (unpaired) electrons. The van der Waals surface area contributed by atoms with Crippen molar-refractivity contribution in [3.05, 3.63) is 27.7 Å². The number of alkyl halides is 2. The van der Waals surface area contributed by atoms with Gasteiger partial charge >= 0.3 is 5.97 Å². The van der Waals surface area contributed by atoms with Crippen molar-refractivity contribution in [2.45, 2.75) is 18.2 Å². The normalized spacial score (nSPS) is 11.8. The van der Waals surface area contributed by atoms with Crippen molar-refractivity contribution in [2.24, 2.45) is 0 Å². The Hall–Kier alpha value is -1.02. The van der Waals surface area contributed by atoms with Gasteiger partial charge in [-0.15, -0.1) is 0 Å². The average molecular weight is 343 g/mol. The quantitative estimate of drug-likeness (QED) is 0.912. The van der Waals surface area contributed by atoms with Gasteiger partial charge in [0.15, 0.2) is 9.84 Å². The standard InChI is InChI=1S/C10H9BrF2O4S/c1-5-7(11)2-6(10(14)15)3-8(5)18(16,17)4-9(12)13/h2-3,9H,4H2,1H3,(H,14,15). The first kappa shape index (κ1) is 15.0. The highest BCUT2D eigenvalue weighted by molar-refractivity contribution is 9.10. The highest BCUT2D eigenvalue weighted by atomic mass is 79.9. The molecule has 0 aliphatic carbocycles. The van der Waals surface area contributed by atoms with E-state index in [1.165, 1.54) is 13.0 Å². The number of rotatable bonds is 4. The molecular weight excluding hydrogens is 334 g/mol. The number of hydrogen-bond acceptors (Lipinski definition) is 3. The van der Waals surface area contributed by atoms with E-state index in [1.807, 2.05) is 0 Å². The molecule has 0 saturated heterocycles. The van der Waals surface area contributed by atoms with Crippen LogP contribution in [0.3, 0.4) is 0 Å². The fourth-order valence-electron chi connectivity index (χ4n) is 1.36. The van der Waals surface area contributed by atoms with Crippen LogP contribution >= 0.6 is 15.9 Å². The van der Waals surface area contributed by atoms with Gasteiger partial charge in [0.2, 0.25) is 0 Å². The number of aromatic carboxylic acids is 1. The third-order valence-corrected chi connectivity index (χ3v) is 4.83. The second kappa shape index (κ2) is 5.31. The number of sulfone groups is 1. The molecule has 8 heteroatoms. The SMILES string of the molecule is Cc1c(Br)cc(C(=O)O)cc1S(=O)(=O)CC(F)F. The molecule has 0 unspecified atom stereocenters. The summed E-state index contributed by atoms with van der Waals surface area (Å²) in [6.07, 6.45) is -3.01. The van der Waals surface area contributed by atoms with E-state index in [0.717, 1.165) is 6.07 Å². The monoisotopic (exact) mass is 342 g/mol. The van der Waals surface area contributed by atoms with Crippen LogP contribution in [-0.2, 0) is 9.84 Å². The number of halogens is 3. The van der Waals surface area contributed by atoms with Gasteiger partial charge in [-0.1, -0.05) is 15.9 Å². The highest BCUT2D eigenvalue weighted by Gasteiger charge is 2.24. The molecule has 1 rings (SSSR count). The molecule has 0 bridgehead atoms. The minimum atomic E-state index is -4.21. The largest absolute Gasteiger partial charge is 0.478 e. The van der Waals surface area contributed by atoms with E-state index in [1.54, 1.807) is 0 Å². The van der Waals surface area contributed by atoms with Crippen molar-refractivity contribution >= 4 is 31.7 Å². The molecule has 4 nitrogen and oxygen atoms in total. The molecule has 0 aliphatic rings. The van der Waals surface area contributed by atoms with Gasteiger partial charge < -0.3 is 5.11 Å². The van der Waals surface area contributed by atoms with Crippen LogP contribution in [0.1, 0.15) is 15.9 Å². The maximum Gasteiger partial charge on any atom is 0.335 e. The van der Waals surface area contributed by atoms with E-state index in [9.17, 15) is 22.0 Å². The molecule has 0 saturated carbocycles. The smallest absolute Gasteiger partial charge is 0.335 e. The zero-order chi connectivity index (χ0) is 14.1. The Morgan fingerprint density at radius 2 is 2.00 bits per heavy atom. The second-order valence-electron chi connectivity index (χ2n) is 3.56. The van der Waals surface area contributed by atoms with Crippen molar-refractivity contribution in [3.63, 3.8) is 0 Å². The zero-order valence-corrected chi connectivity index (χ0v) is 11.6. The van der Waals surface area contributed by atoms with Crippen molar-refractivity contribution in [3.8, 4) is 0 Å². The van der Waals surface area contributed by atoms with Crippen molar-refractivity contribution < 1.29 is 27.1 Å². The molecule has 1 N–H and O–H groups in total. The summed E-state index contributed by atoms with van der Waals surface area (Å²) in [7, 11) is -4.21. The van der Waals surface area contributed by atoms with Gasteiger partial charge in [-0.3, -0.25) is 0 Å². The fourth-order valence-corrected chi connectivity index (χ4v) is 3.34. The Kier molecular flexibility index (Phi) is 4.44. The number of carboxylic acids is 1. The van der Waals surface area contributed by atoms with Gasteiger partial charge in [0, 0.05) is 4.47 Å². The van der Waals surface area contributed by atoms with E-state index in [2.05, 4.69) is 15.9 Å². The molecule has 0 aromatic heterocycles. The maximum absolute atomic E-state index is 12.2. The lowest BCUT2D eigenvalue weighted by molar-refractivity contribution is 0.0696. The van der Waals surface area contributed by atoms with Gasteiger partial charge in [0.25, 0.3) is 6.43 Å². The van der Waals surface area contributed by atoms with Crippen LogP contribution in [0, 0.1) is 6.92 Å². The summed E-state index contributed by atoms with van der Waals surface area (Å²) in [4.78, 5) is 10.4. The van der Waals surface area contributed by atoms with Gasteiger partial charge in [0.05, 0.1) is 10.5 Å². The predicted octanol–water partition coefficient (Wildman–Crippen LogP) is 2.49. The van der Waals surface area contributed by atoms with E-state index < -0.39 is 32.9 Å². The minimum Gasteiger partial charge on any atom is -0.478 e. The second-order valence-corrected chi connectivity index (χ2v) is 6.42. The molecule has 0 aliphatic heterocycles. The minimum absolute atomic E-state index is 0.209. The first-order valence-corrected chi connectivity index (χ1v) is 7.14. The third-order valence-electron chi connectivity index (χ3n) is 2.22. The first-order valence-electron chi connectivity index (χ1n) is 4.69. The molecule has 1 aromatic rings. The molecule has 0 amide bonds. The van der Waals surface area contributed by atoms with Crippen LogP contribution in [0.2, 0.25) is 0 Å². The van der Waals surface area contributed by atoms with Crippen LogP contribution in [0.25, 0.3) is 0 Å². The van der Waals surface area contributed by atoms with Crippen molar-refractivity contribution in [1.29, 1.82) is 0 Å². The fraction of sp³-hybridized carbons (Fsp3) is 0.300. The van der Waals surface area contributed by atoms with Crippen molar-refractivity contribution in [1.82, 2.24) is 0 Å². The lowest BCUT2D eigenvalue weighted by Crippen LogP contribution is -2.16. The highest BCUT2D eigenvalue weighted by Crippen LogP contribution is 2.27. The Labute approximate surface area is 111 Å². The molecule has 0 atom stereocenters. The molecule has 0 spiro atoms. The molecule has 100 valence electrons. The molecule has 18 heavy (non-hydrogen) atoms. The predicted molar refractivity (Wildman–Crippen MR) is 63.9 cm³/mol. The van der Waals surface area contributed by atoms with Crippen LogP contribution in [-0.4, -0.2) is 31.7 Å². The maximum atomic E-state index is 12.2. The lowest BCUT2D eigenvalue weighted by atomic mass is 10.1. The van der Waals surface area contributed by atoms with Crippen LogP contribution in [0.4, 0.5) is 8.78 Å². The summed E-state index contributed by atoms with van der Waals surface area (Å²) >= 11 is 3.01. The Morgan fingerprint density at radius 1 is 1.44 bits per heavy atom. The first-order chi connectivity index (χ1) is 8.15. The Bertz CT molecular complexity index is 584. The van der Waals surface area contributed by atoms with Crippen LogP contribution < -0.4 is 0 Å². The molecular formula is C10H9BrF2O4S. The van der Waals surface area contributed by atoms with Gasteiger partial charge in [-0.2, -0.15) is 0 Å². The van der Waals surface area contributed by atoms with Crippen LogP contribution in [0.15, 0.2) is 21.5 Å². The Balaban J connectivity index is 3.45. The Morgan fingerprint density at radius 3 is 2.44 bits per heavy atom. The molecule has 1 aromatic carbocycles. The number of carbonyl (C=O) groups is 1. The van der Waals surface area contributed by atoms with E-state index in [-0.39, 0.29) is 15.6 Å². The number of carboxylic acid groups (broad SMARTS) is 1. The van der Waals surface area contributed by atoms with Gasteiger partial charge in [-0.25, -0.2) is 22.0 Å². The summed E-state index contributed by atoms with van der Waals surface area (Å²) < 4.78 is 48.0. The van der Waals surface area contributed by atoms with Crippen LogP contribution in [0.5, 0.6) is 0 Å². The van der Waals surface area contributed by atoms with Crippen molar-refractivity contribution in [2.75, 3.05) is 5.75 Å². The van der Waals surface area contributed by atoms with Gasteiger partial charge in [-0.05, 0) is 24.6 Å². The summed E-state index contributed by atoms with van der Waals surface area (Å²) in [5.74, 6) is -2.66. The summed E-state index contributed by atoms with van der Waals surface area (Å²) in [5.41, 5.74) is -0.0685. The number of benzene rings is 1. The van der Waals surface area contributed by atoms with E-state index >= 15 is 0 Å². The summed E-state index contributed by atoms with van der Waals surface area (Å²) in [5, 5.41) is 8.81. The molecule has 0 fully saturated rings. The average Bonchev–Trinajstić information content (AvgIpc) is 2.19. The van der Waals surface area contributed by atoms with E-state index in [4.69, 9.17) is 5.11 Å². The molecule has 0 heterocycles. The third kappa shape index (κ3) is 3.26.